The third-order valence-electron chi connectivity index (χ3n) is 7.56. The molecule has 0 bridgehead atoms. The number of esters is 1. The molecule has 0 aliphatic heterocycles. The summed E-state index contributed by atoms with van der Waals surface area (Å²) in [6.45, 7) is 4.47. The Morgan fingerprint density at radius 2 is 1.52 bits per heavy atom. The van der Waals surface area contributed by atoms with E-state index >= 15 is 0 Å². The number of hydrogen-bond donors (Lipinski definition) is 0. The van der Waals surface area contributed by atoms with Crippen molar-refractivity contribution in [1.82, 2.24) is 0 Å². The first kappa shape index (κ1) is 24.2. The highest BCUT2D eigenvalue weighted by atomic mass is 16.5. The van der Waals surface area contributed by atoms with Crippen molar-refractivity contribution in [1.29, 1.82) is 5.26 Å². The Morgan fingerprint density at radius 1 is 0.897 bits per heavy atom. The molecule has 0 aromatic carbocycles. The Balaban J connectivity index is 1.63. The van der Waals surface area contributed by atoms with Gasteiger partial charge in [0.15, 0.2) is 0 Å². The van der Waals surface area contributed by atoms with Crippen LogP contribution in [0.2, 0.25) is 0 Å². The Hall–Kier alpha value is -1.04. The fourth-order valence-corrected chi connectivity index (χ4v) is 5.37. The predicted octanol–water partition coefficient (Wildman–Crippen LogP) is 7.73. The van der Waals surface area contributed by atoms with Crippen LogP contribution in [0.15, 0.2) is 0 Å². The smallest absolute Gasteiger partial charge is 0.309 e. The van der Waals surface area contributed by atoms with Crippen molar-refractivity contribution in [3.8, 4) is 6.07 Å². The molecular formula is C26H45NO2. The van der Waals surface area contributed by atoms with Gasteiger partial charge in [-0.2, -0.15) is 5.26 Å². The van der Waals surface area contributed by atoms with Crippen LogP contribution < -0.4 is 0 Å². The predicted molar refractivity (Wildman–Crippen MR) is 119 cm³/mol. The van der Waals surface area contributed by atoms with Gasteiger partial charge in [-0.1, -0.05) is 71.6 Å². The van der Waals surface area contributed by atoms with Gasteiger partial charge in [-0.15, -0.1) is 0 Å². The Bertz CT molecular complexity index is 493. The third-order valence-corrected chi connectivity index (χ3v) is 7.56. The Morgan fingerprint density at radius 3 is 2.14 bits per heavy atom. The first-order valence-electron chi connectivity index (χ1n) is 12.7. The lowest BCUT2D eigenvalue weighted by Crippen LogP contribution is -2.33. The van der Waals surface area contributed by atoms with E-state index in [-0.39, 0.29) is 23.4 Å². The van der Waals surface area contributed by atoms with E-state index in [1.165, 1.54) is 64.2 Å². The quantitative estimate of drug-likeness (QED) is 0.247. The summed E-state index contributed by atoms with van der Waals surface area (Å²) in [5.74, 6) is 0.896. The van der Waals surface area contributed by atoms with Crippen molar-refractivity contribution in [2.75, 3.05) is 0 Å². The van der Waals surface area contributed by atoms with Crippen LogP contribution in [0, 0.1) is 28.6 Å². The summed E-state index contributed by atoms with van der Waals surface area (Å²) in [6, 6.07) is 2.60. The molecule has 0 atom stereocenters. The molecule has 0 aromatic heterocycles. The van der Waals surface area contributed by atoms with E-state index in [0.717, 1.165) is 57.3 Å². The normalized spacial score (nSPS) is 29.9. The first-order chi connectivity index (χ1) is 14.1. The zero-order valence-electron chi connectivity index (χ0n) is 19.2. The fraction of sp³-hybridized carbons (Fsp3) is 0.923. The van der Waals surface area contributed by atoms with Gasteiger partial charge in [0, 0.05) is 0 Å². The molecule has 0 aromatic rings. The van der Waals surface area contributed by atoms with Gasteiger partial charge in [-0.25, -0.2) is 0 Å². The van der Waals surface area contributed by atoms with Crippen molar-refractivity contribution in [2.24, 2.45) is 17.3 Å². The molecule has 0 heterocycles. The Labute approximate surface area is 180 Å². The number of unbranched alkanes of at least 4 members (excludes halogenated alkanes) is 6. The van der Waals surface area contributed by atoms with Crippen LogP contribution in [0.5, 0.6) is 0 Å². The molecule has 0 N–H and O–H groups in total. The highest BCUT2D eigenvalue weighted by Gasteiger charge is 2.38. The molecule has 166 valence electrons. The molecule has 2 aliphatic carbocycles. The van der Waals surface area contributed by atoms with Gasteiger partial charge in [-0.3, -0.25) is 4.79 Å². The van der Waals surface area contributed by atoms with Gasteiger partial charge in [0.05, 0.1) is 17.4 Å². The average molecular weight is 404 g/mol. The maximum atomic E-state index is 12.7. The molecule has 2 rings (SSSR count). The standard InChI is InChI=1S/C26H45NO2/c1-3-5-7-8-9-11-22-12-14-24(15-13-22)29-25(28)23-16-19-26(21-27,20-17-23)18-10-6-4-2/h22-24H,3-20H2,1-2H3/t22?,23-,24?,26-. The minimum Gasteiger partial charge on any atom is -0.462 e. The molecular weight excluding hydrogens is 358 g/mol. The number of rotatable bonds is 12. The van der Waals surface area contributed by atoms with Crippen molar-refractivity contribution in [3.63, 3.8) is 0 Å². The molecule has 3 heteroatoms. The van der Waals surface area contributed by atoms with Crippen LogP contribution in [0.4, 0.5) is 0 Å². The maximum absolute atomic E-state index is 12.7. The largest absolute Gasteiger partial charge is 0.462 e. The molecule has 0 radical (unpaired) electrons. The van der Waals surface area contributed by atoms with Crippen molar-refractivity contribution in [3.05, 3.63) is 0 Å². The molecule has 0 spiro atoms. The number of ether oxygens (including phenoxy) is 1. The van der Waals surface area contributed by atoms with Crippen LogP contribution in [0.3, 0.4) is 0 Å². The monoisotopic (exact) mass is 403 g/mol. The van der Waals surface area contributed by atoms with E-state index in [0.29, 0.717) is 0 Å². The molecule has 2 fully saturated rings. The van der Waals surface area contributed by atoms with Crippen LogP contribution >= 0.6 is 0 Å². The second-order valence-electron chi connectivity index (χ2n) is 9.91. The van der Waals surface area contributed by atoms with Crippen molar-refractivity contribution < 1.29 is 9.53 Å². The van der Waals surface area contributed by atoms with E-state index in [4.69, 9.17) is 4.74 Å². The van der Waals surface area contributed by atoms with Crippen LogP contribution in [-0.4, -0.2) is 12.1 Å². The third kappa shape index (κ3) is 8.31. The van der Waals surface area contributed by atoms with Crippen molar-refractivity contribution >= 4 is 5.97 Å². The van der Waals surface area contributed by atoms with Gasteiger partial charge in [0.25, 0.3) is 0 Å². The van der Waals surface area contributed by atoms with E-state index in [9.17, 15) is 10.1 Å². The van der Waals surface area contributed by atoms with E-state index in [1.807, 2.05) is 0 Å². The summed E-state index contributed by atoms with van der Waals surface area (Å²) in [5, 5.41) is 9.69. The first-order valence-corrected chi connectivity index (χ1v) is 12.7. The van der Waals surface area contributed by atoms with Gasteiger partial charge < -0.3 is 4.74 Å². The number of hydrogen-bond acceptors (Lipinski definition) is 3. The lowest BCUT2D eigenvalue weighted by atomic mass is 9.69. The zero-order valence-corrected chi connectivity index (χ0v) is 19.2. The van der Waals surface area contributed by atoms with Gasteiger partial charge in [0.1, 0.15) is 6.10 Å². The van der Waals surface area contributed by atoms with Gasteiger partial charge in [-0.05, 0) is 63.7 Å². The summed E-state index contributed by atoms with van der Waals surface area (Å²) in [5.41, 5.74) is -0.179. The highest BCUT2D eigenvalue weighted by Crippen LogP contribution is 2.43. The van der Waals surface area contributed by atoms with Gasteiger partial charge in [0.2, 0.25) is 0 Å². The summed E-state index contributed by atoms with van der Waals surface area (Å²) in [4.78, 5) is 12.7. The molecule has 0 unspecified atom stereocenters. The van der Waals surface area contributed by atoms with Crippen LogP contribution in [0.1, 0.15) is 129 Å². The fourth-order valence-electron chi connectivity index (χ4n) is 5.37. The summed E-state index contributed by atoms with van der Waals surface area (Å²) in [7, 11) is 0. The Kier molecular flexibility index (Phi) is 11.1. The summed E-state index contributed by atoms with van der Waals surface area (Å²) in [6.07, 6.45) is 20.9. The average Bonchev–Trinajstić information content (AvgIpc) is 2.75. The molecule has 0 amide bonds. The zero-order chi connectivity index (χ0) is 21.0. The molecule has 3 nitrogen and oxygen atoms in total. The van der Waals surface area contributed by atoms with Crippen molar-refractivity contribution in [2.45, 2.75) is 136 Å². The SMILES string of the molecule is CCCCCCCC1CCC(OC(=O)[C@H]2CC[C@@](C#N)(CCCCC)CC2)CC1. The number of carbonyl (C=O) groups is 1. The molecule has 2 saturated carbocycles. The minimum atomic E-state index is -0.179. The number of carbonyl (C=O) groups excluding carboxylic acids is 1. The summed E-state index contributed by atoms with van der Waals surface area (Å²) < 4.78 is 5.92. The highest BCUT2D eigenvalue weighted by molar-refractivity contribution is 5.72. The number of nitrogens with zero attached hydrogens (tertiary/aromatic N) is 1. The summed E-state index contributed by atoms with van der Waals surface area (Å²) >= 11 is 0. The van der Waals surface area contributed by atoms with Crippen LogP contribution in [0.25, 0.3) is 0 Å². The second kappa shape index (κ2) is 13.3. The van der Waals surface area contributed by atoms with E-state index in [1.54, 1.807) is 0 Å². The molecule has 0 saturated heterocycles. The topological polar surface area (TPSA) is 50.1 Å². The van der Waals surface area contributed by atoms with Gasteiger partial charge >= 0.3 is 5.97 Å². The lowest BCUT2D eigenvalue weighted by Gasteiger charge is -2.35. The minimum absolute atomic E-state index is 0.0214. The molecule has 29 heavy (non-hydrogen) atoms. The van der Waals surface area contributed by atoms with E-state index in [2.05, 4.69) is 19.9 Å². The second-order valence-corrected chi connectivity index (χ2v) is 9.91. The van der Waals surface area contributed by atoms with E-state index < -0.39 is 0 Å². The lowest BCUT2D eigenvalue weighted by molar-refractivity contribution is -0.157. The van der Waals surface area contributed by atoms with Crippen LogP contribution in [-0.2, 0) is 9.53 Å². The number of nitriles is 1. The molecule has 2 aliphatic rings. The maximum Gasteiger partial charge on any atom is 0.309 e.